The molecule has 0 aliphatic heterocycles. The van der Waals surface area contributed by atoms with E-state index in [2.05, 4.69) is 10.3 Å². The molecule has 0 saturated heterocycles. The molecular weight excluding hydrogens is 209 g/mol. The highest BCUT2D eigenvalue weighted by Crippen LogP contribution is 2.09. The maximum absolute atomic E-state index is 12.5. The standard InChI is InChI=1S/C11H16FN3O/c1-11(2,13)6-5-10(16)15-9-4-3-8(12)7-14-9/h3-4,7H,5-6,13H2,1-2H3,(H,14,15,16). The molecule has 0 radical (unpaired) electrons. The first kappa shape index (κ1) is 12.6. The largest absolute Gasteiger partial charge is 0.326 e. The Labute approximate surface area is 94.1 Å². The number of nitrogens with zero attached hydrogens (tertiary/aromatic N) is 1. The van der Waals surface area contributed by atoms with Crippen molar-refractivity contribution in [1.82, 2.24) is 4.98 Å². The Bertz CT molecular complexity index is 356. The van der Waals surface area contributed by atoms with Crippen LogP contribution >= 0.6 is 0 Å². The molecule has 0 aliphatic carbocycles. The van der Waals surface area contributed by atoms with Gasteiger partial charge >= 0.3 is 0 Å². The SMILES string of the molecule is CC(C)(N)CCC(=O)Nc1ccc(F)cn1. The zero-order valence-corrected chi connectivity index (χ0v) is 9.46. The third kappa shape index (κ3) is 4.84. The lowest BCUT2D eigenvalue weighted by Gasteiger charge is -2.17. The first-order valence-electron chi connectivity index (χ1n) is 5.07. The van der Waals surface area contributed by atoms with Crippen LogP contribution in [0.1, 0.15) is 26.7 Å². The van der Waals surface area contributed by atoms with Crippen molar-refractivity contribution in [2.75, 3.05) is 5.32 Å². The van der Waals surface area contributed by atoms with Crippen molar-refractivity contribution < 1.29 is 9.18 Å². The van der Waals surface area contributed by atoms with E-state index in [0.717, 1.165) is 6.20 Å². The van der Waals surface area contributed by atoms with Crippen molar-refractivity contribution in [2.24, 2.45) is 5.73 Å². The van der Waals surface area contributed by atoms with Gasteiger partial charge in [-0.1, -0.05) is 0 Å². The molecule has 0 aromatic carbocycles. The minimum atomic E-state index is -0.430. The van der Waals surface area contributed by atoms with Crippen LogP contribution in [0.25, 0.3) is 0 Å². The summed E-state index contributed by atoms with van der Waals surface area (Å²) in [5.74, 6) is -0.250. The van der Waals surface area contributed by atoms with Gasteiger partial charge in [-0.3, -0.25) is 4.79 Å². The lowest BCUT2D eigenvalue weighted by molar-refractivity contribution is -0.116. The molecule has 4 nitrogen and oxygen atoms in total. The zero-order valence-electron chi connectivity index (χ0n) is 9.46. The number of amides is 1. The van der Waals surface area contributed by atoms with Gasteiger partial charge in [-0.25, -0.2) is 9.37 Å². The number of halogens is 1. The van der Waals surface area contributed by atoms with Crippen LogP contribution in [0.4, 0.5) is 10.2 Å². The van der Waals surface area contributed by atoms with Crippen molar-refractivity contribution in [3.05, 3.63) is 24.1 Å². The van der Waals surface area contributed by atoms with E-state index in [9.17, 15) is 9.18 Å². The maximum Gasteiger partial charge on any atom is 0.225 e. The van der Waals surface area contributed by atoms with Gasteiger partial charge in [0.2, 0.25) is 5.91 Å². The highest BCUT2D eigenvalue weighted by atomic mass is 19.1. The summed E-state index contributed by atoms with van der Waals surface area (Å²) in [5.41, 5.74) is 5.38. The second-order valence-electron chi connectivity index (χ2n) is 4.40. The third-order valence-electron chi connectivity index (χ3n) is 1.99. The Kier molecular flexibility index (Phi) is 3.95. The molecule has 0 atom stereocenters. The number of aromatic nitrogens is 1. The summed E-state index contributed by atoms with van der Waals surface area (Å²) in [6, 6.07) is 2.66. The number of carbonyl (C=O) groups is 1. The lowest BCUT2D eigenvalue weighted by atomic mass is 10.00. The smallest absolute Gasteiger partial charge is 0.225 e. The molecule has 0 bridgehead atoms. The Balaban J connectivity index is 2.43. The maximum atomic E-state index is 12.5. The summed E-state index contributed by atoms with van der Waals surface area (Å²) >= 11 is 0. The highest BCUT2D eigenvalue weighted by Gasteiger charge is 2.13. The molecule has 0 saturated carbocycles. The van der Waals surface area contributed by atoms with E-state index in [-0.39, 0.29) is 11.4 Å². The zero-order chi connectivity index (χ0) is 12.2. The van der Waals surface area contributed by atoms with Gasteiger partial charge in [-0.15, -0.1) is 0 Å². The predicted octanol–water partition coefficient (Wildman–Crippen LogP) is 1.68. The van der Waals surface area contributed by atoms with Gasteiger partial charge in [-0.05, 0) is 32.4 Å². The number of anilines is 1. The quantitative estimate of drug-likeness (QED) is 0.819. The number of nitrogens with one attached hydrogen (secondary N) is 1. The molecule has 16 heavy (non-hydrogen) atoms. The van der Waals surface area contributed by atoms with Gasteiger partial charge in [0.05, 0.1) is 6.20 Å². The van der Waals surface area contributed by atoms with Crippen LogP contribution in [0.3, 0.4) is 0 Å². The van der Waals surface area contributed by atoms with Crippen molar-refractivity contribution in [1.29, 1.82) is 0 Å². The minimum Gasteiger partial charge on any atom is -0.326 e. The molecule has 0 fully saturated rings. The summed E-state index contributed by atoms with van der Waals surface area (Å²) in [6.45, 7) is 3.72. The molecule has 3 N–H and O–H groups in total. The van der Waals surface area contributed by atoms with Gasteiger partial charge in [0.15, 0.2) is 0 Å². The van der Waals surface area contributed by atoms with Gasteiger partial charge < -0.3 is 11.1 Å². The summed E-state index contributed by atoms with van der Waals surface area (Å²) < 4.78 is 12.5. The first-order chi connectivity index (χ1) is 7.37. The van der Waals surface area contributed by atoms with Crippen LogP contribution < -0.4 is 11.1 Å². The fourth-order valence-corrected chi connectivity index (χ4v) is 1.09. The topological polar surface area (TPSA) is 68.0 Å². The Morgan fingerprint density at radius 2 is 2.25 bits per heavy atom. The molecule has 1 aromatic rings. The summed E-state index contributed by atoms with van der Waals surface area (Å²) in [7, 11) is 0. The molecule has 1 amide bonds. The van der Waals surface area contributed by atoms with Crippen molar-refractivity contribution in [2.45, 2.75) is 32.2 Å². The number of pyridine rings is 1. The minimum absolute atomic E-state index is 0.169. The van der Waals surface area contributed by atoms with E-state index in [1.54, 1.807) is 0 Å². The number of nitrogens with two attached hydrogens (primary N) is 1. The summed E-state index contributed by atoms with van der Waals surface area (Å²) in [4.78, 5) is 15.2. The fourth-order valence-electron chi connectivity index (χ4n) is 1.09. The third-order valence-corrected chi connectivity index (χ3v) is 1.99. The molecule has 0 unspecified atom stereocenters. The first-order valence-corrected chi connectivity index (χ1v) is 5.07. The van der Waals surface area contributed by atoms with Crippen molar-refractivity contribution in [3.63, 3.8) is 0 Å². The van der Waals surface area contributed by atoms with Gasteiger partial charge in [0, 0.05) is 12.0 Å². The Hall–Kier alpha value is -1.49. The molecule has 1 rings (SSSR count). The molecule has 88 valence electrons. The summed E-state index contributed by atoms with van der Waals surface area (Å²) in [6.07, 6.45) is 1.96. The molecule has 0 spiro atoms. The predicted molar refractivity (Wildman–Crippen MR) is 60.3 cm³/mol. The number of rotatable bonds is 4. The van der Waals surface area contributed by atoms with E-state index in [1.165, 1.54) is 12.1 Å². The van der Waals surface area contributed by atoms with Gasteiger partial charge in [-0.2, -0.15) is 0 Å². The van der Waals surface area contributed by atoms with Crippen LogP contribution in [0.2, 0.25) is 0 Å². The average Bonchev–Trinajstić information content (AvgIpc) is 2.18. The van der Waals surface area contributed by atoms with Crippen molar-refractivity contribution in [3.8, 4) is 0 Å². The average molecular weight is 225 g/mol. The van der Waals surface area contributed by atoms with Crippen LogP contribution in [0, 0.1) is 5.82 Å². The number of hydrogen-bond acceptors (Lipinski definition) is 3. The summed E-state index contributed by atoms with van der Waals surface area (Å²) in [5, 5.41) is 2.57. The van der Waals surface area contributed by atoms with Crippen LogP contribution in [-0.4, -0.2) is 16.4 Å². The lowest BCUT2D eigenvalue weighted by Crippen LogP contribution is -2.33. The second kappa shape index (κ2) is 5.03. The van der Waals surface area contributed by atoms with E-state index < -0.39 is 5.82 Å². The van der Waals surface area contributed by atoms with E-state index in [1.807, 2.05) is 13.8 Å². The van der Waals surface area contributed by atoms with E-state index in [4.69, 9.17) is 5.73 Å². The van der Waals surface area contributed by atoms with E-state index >= 15 is 0 Å². The van der Waals surface area contributed by atoms with Gasteiger partial charge in [0.1, 0.15) is 11.6 Å². The Morgan fingerprint density at radius 1 is 1.56 bits per heavy atom. The molecule has 0 aliphatic rings. The van der Waals surface area contributed by atoms with Crippen LogP contribution in [-0.2, 0) is 4.79 Å². The molecule has 5 heteroatoms. The normalized spacial score (nSPS) is 11.2. The van der Waals surface area contributed by atoms with E-state index in [0.29, 0.717) is 18.7 Å². The van der Waals surface area contributed by atoms with Crippen LogP contribution in [0.15, 0.2) is 18.3 Å². The molecular formula is C11H16FN3O. The number of carbonyl (C=O) groups excluding carboxylic acids is 1. The van der Waals surface area contributed by atoms with Gasteiger partial charge in [0.25, 0.3) is 0 Å². The van der Waals surface area contributed by atoms with Crippen molar-refractivity contribution >= 4 is 11.7 Å². The Morgan fingerprint density at radius 3 is 2.75 bits per heavy atom. The molecule has 1 heterocycles. The monoisotopic (exact) mass is 225 g/mol. The number of hydrogen-bond donors (Lipinski definition) is 2. The second-order valence-corrected chi connectivity index (χ2v) is 4.40. The fraction of sp³-hybridized carbons (Fsp3) is 0.455. The highest BCUT2D eigenvalue weighted by molar-refractivity contribution is 5.89. The molecule has 1 aromatic heterocycles. The van der Waals surface area contributed by atoms with Crippen LogP contribution in [0.5, 0.6) is 0 Å².